The van der Waals surface area contributed by atoms with Crippen LogP contribution >= 0.6 is 11.3 Å². The van der Waals surface area contributed by atoms with E-state index >= 15 is 0 Å². The Morgan fingerprint density at radius 2 is 1.97 bits per heavy atom. The molecule has 1 amide bonds. The molecule has 0 spiro atoms. The molecule has 0 aliphatic carbocycles. The molecule has 1 unspecified atom stereocenters. The minimum Gasteiger partial charge on any atom is -0.507 e. The van der Waals surface area contributed by atoms with E-state index in [1.807, 2.05) is 0 Å². The Morgan fingerprint density at radius 1 is 1.24 bits per heavy atom. The number of Topliss-reactive ketones (excluding diaryl/α,β-unsaturated/α-hetero) is 1. The third kappa shape index (κ3) is 3.09. The molecule has 0 saturated carbocycles. The molecule has 9 heteroatoms. The molecule has 1 aliphatic rings. The number of aromatic nitrogens is 2. The number of carbonyl (C=O) groups is 2. The number of ether oxygens (including phenoxy) is 1. The zero-order chi connectivity index (χ0) is 20.7. The van der Waals surface area contributed by atoms with Crippen LogP contribution in [0.4, 0.5) is 5.13 Å². The van der Waals surface area contributed by atoms with E-state index in [1.54, 1.807) is 51.3 Å². The maximum Gasteiger partial charge on any atom is 0.301 e. The number of nitrogens with zero attached hydrogens (tertiary/aromatic N) is 3. The summed E-state index contributed by atoms with van der Waals surface area (Å²) in [6.07, 6.45) is 0. The van der Waals surface area contributed by atoms with Crippen molar-refractivity contribution in [3.8, 4) is 5.75 Å². The quantitative estimate of drug-likeness (QED) is 0.398. The van der Waals surface area contributed by atoms with Crippen LogP contribution in [0.1, 0.15) is 28.7 Å². The molecule has 148 valence electrons. The van der Waals surface area contributed by atoms with Gasteiger partial charge < -0.3 is 14.3 Å². The summed E-state index contributed by atoms with van der Waals surface area (Å²) in [6, 6.07) is 7.71. The van der Waals surface area contributed by atoms with Crippen LogP contribution in [0.15, 0.2) is 45.8 Å². The molecule has 29 heavy (non-hydrogen) atoms. The van der Waals surface area contributed by atoms with Gasteiger partial charge in [0.15, 0.2) is 0 Å². The molecule has 3 heterocycles. The highest BCUT2D eigenvalue weighted by atomic mass is 32.1. The first-order valence-corrected chi connectivity index (χ1v) is 9.59. The number of aliphatic hydroxyl groups is 1. The topological polar surface area (TPSA) is 106 Å². The maximum atomic E-state index is 12.9. The van der Waals surface area contributed by atoms with E-state index in [9.17, 15) is 14.7 Å². The molecule has 1 N–H and O–H groups in total. The van der Waals surface area contributed by atoms with Crippen LogP contribution in [0.5, 0.6) is 5.75 Å². The van der Waals surface area contributed by atoms with Crippen LogP contribution < -0.4 is 9.64 Å². The first-order chi connectivity index (χ1) is 13.9. The summed E-state index contributed by atoms with van der Waals surface area (Å²) >= 11 is 1.13. The van der Waals surface area contributed by atoms with Crippen molar-refractivity contribution in [3.63, 3.8) is 0 Å². The third-order valence-corrected chi connectivity index (χ3v) is 5.42. The van der Waals surface area contributed by atoms with Gasteiger partial charge in [-0.25, -0.2) is 0 Å². The Kier molecular flexibility index (Phi) is 4.67. The number of methoxy groups -OCH3 is 1. The Morgan fingerprint density at radius 3 is 2.52 bits per heavy atom. The van der Waals surface area contributed by atoms with Gasteiger partial charge in [-0.1, -0.05) is 23.5 Å². The monoisotopic (exact) mass is 411 g/mol. The second-order valence-electron chi connectivity index (χ2n) is 6.49. The molecular weight excluding hydrogens is 394 g/mol. The van der Waals surface area contributed by atoms with E-state index in [0.29, 0.717) is 28.4 Å². The smallest absolute Gasteiger partial charge is 0.301 e. The van der Waals surface area contributed by atoms with E-state index < -0.39 is 17.7 Å². The summed E-state index contributed by atoms with van der Waals surface area (Å²) < 4.78 is 10.7. The average molecular weight is 411 g/mol. The van der Waals surface area contributed by atoms with Crippen LogP contribution in [0, 0.1) is 13.8 Å². The number of hydrogen-bond donors (Lipinski definition) is 1. The predicted molar refractivity (Wildman–Crippen MR) is 106 cm³/mol. The molecule has 2 aromatic heterocycles. The Labute approximate surface area is 170 Å². The molecule has 3 aromatic rings. The zero-order valence-corrected chi connectivity index (χ0v) is 16.7. The number of ketones is 1. The van der Waals surface area contributed by atoms with E-state index in [-0.39, 0.29) is 16.5 Å². The summed E-state index contributed by atoms with van der Waals surface area (Å²) in [4.78, 5) is 27.1. The highest BCUT2D eigenvalue weighted by molar-refractivity contribution is 7.13. The van der Waals surface area contributed by atoms with Crippen molar-refractivity contribution in [1.82, 2.24) is 10.2 Å². The van der Waals surface area contributed by atoms with Crippen molar-refractivity contribution in [3.05, 3.63) is 64.1 Å². The van der Waals surface area contributed by atoms with Gasteiger partial charge in [0.2, 0.25) is 5.13 Å². The minimum absolute atomic E-state index is 0.0285. The molecule has 1 aliphatic heterocycles. The lowest BCUT2D eigenvalue weighted by Crippen LogP contribution is -2.29. The third-order valence-electron chi connectivity index (χ3n) is 4.73. The molecular formula is C20H17N3O5S. The number of aliphatic hydroxyl groups excluding tert-OH is 1. The normalized spacial score (nSPS) is 18.4. The van der Waals surface area contributed by atoms with Gasteiger partial charge in [-0.2, -0.15) is 0 Å². The SMILES string of the molecule is COc1ccc(C2/C(=C(\O)c3cc(C)oc3C)C(=O)C(=O)N2c2nncs2)cc1. The summed E-state index contributed by atoms with van der Waals surface area (Å²) in [6.45, 7) is 3.43. The van der Waals surface area contributed by atoms with E-state index in [1.165, 1.54) is 10.4 Å². The molecule has 0 bridgehead atoms. The molecule has 1 aromatic carbocycles. The zero-order valence-electron chi connectivity index (χ0n) is 15.9. The second-order valence-corrected chi connectivity index (χ2v) is 7.30. The van der Waals surface area contributed by atoms with Crippen LogP contribution in [-0.4, -0.2) is 34.1 Å². The summed E-state index contributed by atoms with van der Waals surface area (Å²) in [5, 5.41) is 19.0. The van der Waals surface area contributed by atoms with Gasteiger partial charge in [-0.05, 0) is 37.6 Å². The number of aryl methyl sites for hydroxylation is 2. The van der Waals surface area contributed by atoms with Crippen molar-refractivity contribution in [1.29, 1.82) is 0 Å². The number of furan rings is 1. The van der Waals surface area contributed by atoms with Gasteiger partial charge in [0.25, 0.3) is 5.78 Å². The van der Waals surface area contributed by atoms with Gasteiger partial charge >= 0.3 is 5.91 Å². The molecule has 1 saturated heterocycles. The van der Waals surface area contributed by atoms with E-state index in [4.69, 9.17) is 9.15 Å². The van der Waals surface area contributed by atoms with Gasteiger partial charge in [0.1, 0.15) is 28.5 Å². The van der Waals surface area contributed by atoms with E-state index in [0.717, 1.165) is 11.3 Å². The maximum absolute atomic E-state index is 12.9. The number of amides is 1. The van der Waals surface area contributed by atoms with Gasteiger partial charge in [-0.3, -0.25) is 14.5 Å². The highest BCUT2D eigenvalue weighted by Gasteiger charge is 2.48. The lowest BCUT2D eigenvalue weighted by molar-refractivity contribution is -0.132. The molecule has 1 atom stereocenters. The first-order valence-electron chi connectivity index (χ1n) is 8.71. The van der Waals surface area contributed by atoms with Gasteiger partial charge in [-0.15, -0.1) is 10.2 Å². The molecule has 1 fully saturated rings. The fourth-order valence-corrected chi connectivity index (χ4v) is 4.00. The van der Waals surface area contributed by atoms with Crippen molar-refractivity contribution in [2.45, 2.75) is 19.9 Å². The van der Waals surface area contributed by atoms with Crippen molar-refractivity contribution < 1.29 is 23.8 Å². The van der Waals surface area contributed by atoms with Crippen molar-refractivity contribution in [2.75, 3.05) is 12.0 Å². The summed E-state index contributed by atoms with van der Waals surface area (Å²) in [7, 11) is 1.55. The van der Waals surface area contributed by atoms with Gasteiger partial charge in [0.05, 0.1) is 24.3 Å². The predicted octanol–water partition coefficient (Wildman–Crippen LogP) is 3.38. The Bertz CT molecular complexity index is 1120. The average Bonchev–Trinajstić information content (AvgIpc) is 3.41. The number of rotatable bonds is 4. The largest absolute Gasteiger partial charge is 0.507 e. The highest BCUT2D eigenvalue weighted by Crippen LogP contribution is 2.43. The number of carbonyl (C=O) groups excluding carboxylic acids is 2. The molecule has 4 rings (SSSR count). The fourth-order valence-electron chi connectivity index (χ4n) is 3.41. The van der Waals surface area contributed by atoms with Crippen LogP contribution in [0.3, 0.4) is 0 Å². The van der Waals surface area contributed by atoms with Crippen LogP contribution in [0.25, 0.3) is 5.76 Å². The van der Waals surface area contributed by atoms with Crippen molar-refractivity contribution >= 4 is 33.9 Å². The molecule has 0 radical (unpaired) electrons. The minimum atomic E-state index is -0.858. The summed E-state index contributed by atoms with van der Waals surface area (Å²) in [5.41, 5.74) is 2.44. The Hall–Kier alpha value is -3.46. The first kappa shape index (κ1) is 18.9. The number of anilines is 1. The molecule has 8 nitrogen and oxygen atoms in total. The second kappa shape index (κ2) is 7.17. The van der Waals surface area contributed by atoms with E-state index in [2.05, 4.69) is 10.2 Å². The summed E-state index contributed by atoms with van der Waals surface area (Å²) in [5.74, 6) is -0.189. The lowest BCUT2D eigenvalue weighted by Gasteiger charge is -2.22. The van der Waals surface area contributed by atoms with Gasteiger partial charge in [0, 0.05) is 0 Å². The van der Waals surface area contributed by atoms with Crippen LogP contribution in [-0.2, 0) is 9.59 Å². The Balaban J connectivity index is 1.94. The van der Waals surface area contributed by atoms with Crippen molar-refractivity contribution in [2.24, 2.45) is 0 Å². The standard InChI is InChI=1S/C20H17N3O5S/c1-10-8-14(11(2)28-10)17(24)15-16(12-4-6-13(27-3)7-5-12)23(19(26)18(15)25)20-22-21-9-29-20/h4-9,16,24H,1-3H3/b17-15+. The van der Waals surface area contributed by atoms with Crippen LogP contribution in [0.2, 0.25) is 0 Å². The fraction of sp³-hybridized carbons (Fsp3) is 0.200. The number of benzene rings is 1. The number of hydrogen-bond acceptors (Lipinski definition) is 8. The lowest BCUT2D eigenvalue weighted by atomic mass is 9.95.